The van der Waals surface area contributed by atoms with Crippen LogP contribution in [0.1, 0.15) is 22.4 Å². The van der Waals surface area contributed by atoms with E-state index in [0.717, 1.165) is 60.4 Å². The van der Waals surface area contributed by atoms with Crippen molar-refractivity contribution >= 4 is 22.5 Å². The van der Waals surface area contributed by atoms with Crippen LogP contribution in [-0.4, -0.2) is 41.0 Å². The fourth-order valence-corrected chi connectivity index (χ4v) is 4.15. The number of aryl methyl sites for hydroxylation is 2. The highest BCUT2D eigenvalue weighted by Gasteiger charge is 2.20. The summed E-state index contributed by atoms with van der Waals surface area (Å²) in [5, 5.41) is 1.41. The predicted octanol–water partition coefficient (Wildman–Crippen LogP) is 4.12. The van der Waals surface area contributed by atoms with Gasteiger partial charge in [0.15, 0.2) is 5.43 Å². The average Bonchev–Trinajstić information content (AvgIpc) is 2.70. The van der Waals surface area contributed by atoms with E-state index in [2.05, 4.69) is 45.1 Å². The van der Waals surface area contributed by atoms with Crippen LogP contribution >= 0.6 is 11.6 Å². The summed E-state index contributed by atoms with van der Waals surface area (Å²) >= 11 is 6.22. The molecule has 0 radical (unpaired) electrons. The Balaban J connectivity index is 1.47. The second-order valence-corrected chi connectivity index (χ2v) is 8.10. The maximum Gasteiger partial charge on any atom is 0.194 e. The Morgan fingerprint density at radius 3 is 2.25 bits per heavy atom. The topological polar surface area (TPSA) is 39.3 Å². The van der Waals surface area contributed by atoms with Crippen LogP contribution < -0.4 is 5.43 Å². The van der Waals surface area contributed by atoms with Gasteiger partial charge in [0.2, 0.25) is 0 Å². The third-order valence-electron chi connectivity index (χ3n) is 5.78. The van der Waals surface area contributed by atoms with Gasteiger partial charge in [-0.25, -0.2) is 0 Å². The SMILES string of the molecule is Cc1[nH]c2c(C)c(Cl)ccc2c(=O)c1CN1CCN(Cc2ccccc2)CC1. The molecule has 1 aliphatic heterocycles. The van der Waals surface area contributed by atoms with Gasteiger partial charge in [-0.05, 0) is 37.1 Å². The molecule has 0 amide bonds. The van der Waals surface area contributed by atoms with Gasteiger partial charge in [-0.3, -0.25) is 14.6 Å². The molecule has 4 rings (SSSR count). The van der Waals surface area contributed by atoms with Crippen LogP contribution in [0.25, 0.3) is 10.9 Å². The maximum atomic E-state index is 13.1. The normalized spacial score (nSPS) is 16.0. The molecule has 0 aliphatic carbocycles. The highest BCUT2D eigenvalue weighted by Crippen LogP contribution is 2.23. The van der Waals surface area contributed by atoms with Gasteiger partial charge in [0, 0.05) is 60.9 Å². The highest BCUT2D eigenvalue weighted by molar-refractivity contribution is 6.32. The first kappa shape index (κ1) is 19.2. The first-order valence-corrected chi connectivity index (χ1v) is 10.2. The van der Waals surface area contributed by atoms with E-state index in [4.69, 9.17) is 11.6 Å². The van der Waals surface area contributed by atoms with Crippen LogP contribution in [0.4, 0.5) is 0 Å². The smallest absolute Gasteiger partial charge is 0.194 e. The number of nitrogens with zero attached hydrogens (tertiary/aromatic N) is 2. The molecule has 2 aromatic carbocycles. The minimum Gasteiger partial charge on any atom is -0.358 e. The van der Waals surface area contributed by atoms with E-state index >= 15 is 0 Å². The van der Waals surface area contributed by atoms with Crippen LogP contribution in [0, 0.1) is 13.8 Å². The fourth-order valence-electron chi connectivity index (χ4n) is 3.99. The molecule has 1 fully saturated rings. The zero-order valence-electron chi connectivity index (χ0n) is 16.5. The number of aromatic amines is 1. The molecule has 2 heterocycles. The summed E-state index contributed by atoms with van der Waals surface area (Å²) in [5.74, 6) is 0. The lowest BCUT2D eigenvalue weighted by Gasteiger charge is -2.34. The fraction of sp³-hybridized carbons (Fsp3) is 0.348. The highest BCUT2D eigenvalue weighted by atomic mass is 35.5. The van der Waals surface area contributed by atoms with E-state index < -0.39 is 0 Å². The number of aromatic nitrogens is 1. The van der Waals surface area contributed by atoms with Crippen molar-refractivity contribution in [2.24, 2.45) is 0 Å². The maximum absolute atomic E-state index is 13.1. The Bertz CT molecular complexity index is 1040. The van der Waals surface area contributed by atoms with E-state index in [1.54, 1.807) is 0 Å². The lowest BCUT2D eigenvalue weighted by molar-refractivity contribution is 0.121. The molecule has 0 spiro atoms. The minimum atomic E-state index is 0.123. The number of halogens is 1. The van der Waals surface area contributed by atoms with E-state index in [0.29, 0.717) is 11.6 Å². The van der Waals surface area contributed by atoms with Gasteiger partial charge in [0.25, 0.3) is 0 Å². The average molecular weight is 396 g/mol. The van der Waals surface area contributed by atoms with Crippen molar-refractivity contribution in [3.8, 4) is 0 Å². The second kappa shape index (κ2) is 8.08. The van der Waals surface area contributed by atoms with E-state index in [9.17, 15) is 4.79 Å². The van der Waals surface area contributed by atoms with Crippen LogP contribution in [0.3, 0.4) is 0 Å². The predicted molar refractivity (Wildman–Crippen MR) is 116 cm³/mol. The Morgan fingerprint density at radius 1 is 0.929 bits per heavy atom. The molecular weight excluding hydrogens is 370 g/mol. The van der Waals surface area contributed by atoms with Crippen molar-refractivity contribution in [1.29, 1.82) is 0 Å². The molecule has 0 saturated carbocycles. The number of pyridine rings is 1. The molecule has 5 heteroatoms. The van der Waals surface area contributed by atoms with Crippen LogP contribution in [0.5, 0.6) is 0 Å². The van der Waals surface area contributed by atoms with Crippen molar-refractivity contribution in [2.75, 3.05) is 26.2 Å². The monoisotopic (exact) mass is 395 g/mol. The Labute approximate surface area is 170 Å². The van der Waals surface area contributed by atoms with Gasteiger partial charge in [-0.1, -0.05) is 41.9 Å². The number of hydrogen-bond donors (Lipinski definition) is 1. The summed E-state index contributed by atoms with van der Waals surface area (Å²) in [7, 11) is 0. The molecule has 1 aromatic heterocycles. The first-order chi connectivity index (χ1) is 13.5. The standard InChI is InChI=1S/C23H26ClN3O/c1-16-21(24)9-8-19-22(16)25-17(2)20(23(19)28)15-27-12-10-26(11-13-27)14-18-6-4-3-5-7-18/h3-9H,10-15H2,1-2H3,(H,25,28). The van der Waals surface area contributed by atoms with Crippen molar-refractivity contribution in [1.82, 2.24) is 14.8 Å². The van der Waals surface area contributed by atoms with Gasteiger partial charge >= 0.3 is 0 Å². The summed E-state index contributed by atoms with van der Waals surface area (Å²) < 4.78 is 0. The van der Waals surface area contributed by atoms with Gasteiger partial charge in [-0.2, -0.15) is 0 Å². The van der Waals surface area contributed by atoms with Gasteiger partial charge < -0.3 is 4.98 Å². The second-order valence-electron chi connectivity index (χ2n) is 7.69. The summed E-state index contributed by atoms with van der Waals surface area (Å²) in [6.07, 6.45) is 0. The third kappa shape index (κ3) is 3.86. The number of benzene rings is 2. The molecule has 0 atom stereocenters. The Kier molecular flexibility index (Phi) is 5.54. The number of H-pyrrole nitrogens is 1. The quantitative estimate of drug-likeness (QED) is 0.722. The van der Waals surface area contributed by atoms with Crippen molar-refractivity contribution in [2.45, 2.75) is 26.9 Å². The Hall–Kier alpha value is -2.14. The molecule has 4 nitrogen and oxygen atoms in total. The molecule has 0 bridgehead atoms. The van der Waals surface area contributed by atoms with Crippen molar-refractivity contribution in [3.63, 3.8) is 0 Å². The number of piperazine rings is 1. The zero-order valence-corrected chi connectivity index (χ0v) is 17.2. The van der Waals surface area contributed by atoms with Gasteiger partial charge in [0.1, 0.15) is 0 Å². The van der Waals surface area contributed by atoms with Crippen LogP contribution in [0.2, 0.25) is 5.02 Å². The number of nitrogens with one attached hydrogen (secondary N) is 1. The summed E-state index contributed by atoms with van der Waals surface area (Å²) in [6, 6.07) is 14.3. The number of fused-ring (bicyclic) bond motifs is 1. The lowest BCUT2D eigenvalue weighted by Crippen LogP contribution is -2.46. The number of rotatable bonds is 4. The summed E-state index contributed by atoms with van der Waals surface area (Å²) in [6.45, 7) is 9.62. The van der Waals surface area contributed by atoms with E-state index in [1.165, 1.54) is 5.56 Å². The molecule has 3 aromatic rings. The zero-order chi connectivity index (χ0) is 19.7. The lowest BCUT2D eigenvalue weighted by atomic mass is 10.0. The molecule has 1 saturated heterocycles. The molecule has 1 aliphatic rings. The summed E-state index contributed by atoms with van der Waals surface area (Å²) in [4.78, 5) is 21.4. The van der Waals surface area contributed by atoms with Crippen molar-refractivity contribution in [3.05, 3.63) is 80.1 Å². The Morgan fingerprint density at radius 2 is 1.57 bits per heavy atom. The van der Waals surface area contributed by atoms with E-state index in [-0.39, 0.29) is 5.43 Å². The number of hydrogen-bond acceptors (Lipinski definition) is 3. The third-order valence-corrected chi connectivity index (χ3v) is 6.19. The van der Waals surface area contributed by atoms with Crippen LogP contribution in [-0.2, 0) is 13.1 Å². The first-order valence-electron chi connectivity index (χ1n) is 9.82. The molecule has 146 valence electrons. The largest absolute Gasteiger partial charge is 0.358 e. The molecule has 1 N–H and O–H groups in total. The molecular formula is C23H26ClN3O. The molecule has 28 heavy (non-hydrogen) atoms. The van der Waals surface area contributed by atoms with Crippen LogP contribution in [0.15, 0.2) is 47.3 Å². The summed E-state index contributed by atoms with van der Waals surface area (Å²) in [5.41, 5.74) is 5.07. The molecule has 0 unspecified atom stereocenters. The minimum absolute atomic E-state index is 0.123. The van der Waals surface area contributed by atoms with Gasteiger partial charge in [0.05, 0.1) is 5.52 Å². The van der Waals surface area contributed by atoms with E-state index in [1.807, 2.05) is 26.0 Å². The van der Waals surface area contributed by atoms with Gasteiger partial charge in [-0.15, -0.1) is 0 Å². The van der Waals surface area contributed by atoms with Crippen molar-refractivity contribution < 1.29 is 0 Å².